The van der Waals surface area contributed by atoms with E-state index in [-0.39, 0.29) is 0 Å². The number of nitrogens with zero attached hydrogens (tertiary/aromatic N) is 4. The van der Waals surface area contributed by atoms with Gasteiger partial charge in [-0.05, 0) is 74.1 Å². The summed E-state index contributed by atoms with van der Waals surface area (Å²) >= 11 is 0. The fourth-order valence-corrected chi connectivity index (χ4v) is 9.45. The van der Waals surface area contributed by atoms with Crippen LogP contribution in [0.2, 0.25) is 0 Å². The highest BCUT2D eigenvalue weighted by molar-refractivity contribution is 6.21. The van der Waals surface area contributed by atoms with E-state index in [9.17, 15) is 0 Å². The third-order valence-corrected chi connectivity index (χ3v) is 12.2. The number of para-hydroxylation sites is 2. The minimum absolute atomic E-state index is 0.606. The number of furan rings is 1. The maximum Gasteiger partial charge on any atom is 0.164 e. The lowest BCUT2D eigenvalue weighted by molar-refractivity contribution is 0.670. The van der Waals surface area contributed by atoms with Crippen molar-refractivity contribution in [2.45, 2.75) is 0 Å². The molecule has 0 aliphatic carbocycles. The van der Waals surface area contributed by atoms with Gasteiger partial charge in [-0.1, -0.05) is 158 Å². The van der Waals surface area contributed by atoms with Crippen LogP contribution in [0.25, 0.3) is 127 Å². The predicted octanol–water partition coefficient (Wildman–Crippen LogP) is 14.5. The Morgan fingerprint density at radius 2 is 0.867 bits per heavy atom. The molecule has 0 saturated heterocycles. The molecule has 0 unspecified atom stereocenters. The molecule has 3 aromatic heterocycles. The third-order valence-electron chi connectivity index (χ3n) is 12.2. The highest BCUT2D eigenvalue weighted by Crippen LogP contribution is 2.44. The molecule has 0 saturated carbocycles. The van der Waals surface area contributed by atoms with Gasteiger partial charge in [0.2, 0.25) is 0 Å². The summed E-state index contributed by atoms with van der Waals surface area (Å²) < 4.78 is 9.46. The minimum Gasteiger partial charge on any atom is -0.453 e. The average Bonchev–Trinajstić information content (AvgIpc) is 3.86. The quantitative estimate of drug-likeness (QED) is 0.167. The first-order valence-electron chi connectivity index (χ1n) is 20.3. The highest BCUT2D eigenvalue weighted by atomic mass is 16.3. The topological polar surface area (TPSA) is 56.7 Å². The summed E-state index contributed by atoms with van der Waals surface area (Å²) in [4.78, 5) is 15.8. The second-order valence-electron chi connectivity index (χ2n) is 15.5. The van der Waals surface area contributed by atoms with Crippen LogP contribution >= 0.6 is 0 Å². The number of hydrogen-bond acceptors (Lipinski definition) is 4. The van der Waals surface area contributed by atoms with Gasteiger partial charge in [-0.3, -0.25) is 0 Å². The van der Waals surface area contributed by atoms with E-state index in [4.69, 9.17) is 19.4 Å². The maximum absolute atomic E-state index is 7.10. The number of hydrogen-bond donors (Lipinski definition) is 0. The first-order valence-corrected chi connectivity index (χ1v) is 20.3. The van der Waals surface area contributed by atoms with Gasteiger partial charge in [0.15, 0.2) is 23.1 Å². The Morgan fingerprint density at radius 3 is 1.65 bits per heavy atom. The molecule has 5 nitrogen and oxygen atoms in total. The van der Waals surface area contributed by atoms with E-state index in [1.165, 1.54) is 26.9 Å². The summed E-state index contributed by atoms with van der Waals surface area (Å²) in [7, 11) is 0. The van der Waals surface area contributed by atoms with Gasteiger partial charge in [0.05, 0.1) is 16.7 Å². The molecule has 5 heteroatoms. The van der Waals surface area contributed by atoms with Crippen LogP contribution in [0, 0.1) is 0 Å². The molecular weight excluding hydrogens is 733 g/mol. The number of benzene rings is 10. The Kier molecular flexibility index (Phi) is 6.95. The summed E-state index contributed by atoms with van der Waals surface area (Å²) in [5.74, 6) is 1.85. The minimum atomic E-state index is 0.606. The molecule has 0 spiro atoms. The Balaban J connectivity index is 1.09. The summed E-state index contributed by atoms with van der Waals surface area (Å²) in [6.45, 7) is 0. The van der Waals surface area contributed by atoms with Gasteiger partial charge < -0.3 is 8.98 Å². The zero-order valence-corrected chi connectivity index (χ0v) is 32.2. The normalized spacial score (nSPS) is 12.0. The van der Waals surface area contributed by atoms with Crippen LogP contribution in [0.15, 0.2) is 199 Å². The molecule has 0 aliphatic heterocycles. The monoisotopic (exact) mass is 764 g/mol. The molecule has 60 heavy (non-hydrogen) atoms. The number of fused-ring (bicyclic) bond motifs is 12. The van der Waals surface area contributed by atoms with Crippen LogP contribution in [-0.2, 0) is 0 Å². The molecule has 0 fully saturated rings. The lowest BCUT2D eigenvalue weighted by Gasteiger charge is -2.13. The molecule has 13 rings (SSSR count). The second-order valence-corrected chi connectivity index (χ2v) is 15.5. The van der Waals surface area contributed by atoms with Crippen molar-refractivity contribution in [2.75, 3.05) is 0 Å². The molecule has 0 atom stereocenters. The van der Waals surface area contributed by atoms with Crippen LogP contribution in [0.1, 0.15) is 0 Å². The van der Waals surface area contributed by atoms with E-state index < -0.39 is 0 Å². The second kappa shape index (κ2) is 12.7. The molecule has 0 radical (unpaired) electrons. The van der Waals surface area contributed by atoms with Crippen molar-refractivity contribution >= 4 is 86.8 Å². The van der Waals surface area contributed by atoms with Crippen molar-refractivity contribution in [3.63, 3.8) is 0 Å². The number of aromatic nitrogens is 4. The van der Waals surface area contributed by atoms with Gasteiger partial charge in [0.1, 0.15) is 5.58 Å². The van der Waals surface area contributed by atoms with Crippen molar-refractivity contribution < 1.29 is 4.42 Å². The van der Waals surface area contributed by atoms with Crippen molar-refractivity contribution in [3.05, 3.63) is 194 Å². The first kappa shape index (κ1) is 32.9. The van der Waals surface area contributed by atoms with Crippen molar-refractivity contribution in [1.82, 2.24) is 19.5 Å². The van der Waals surface area contributed by atoms with Crippen LogP contribution in [0.3, 0.4) is 0 Å². The summed E-state index contributed by atoms with van der Waals surface area (Å²) in [6.07, 6.45) is 0. The lowest BCUT2D eigenvalue weighted by atomic mass is 9.96. The van der Waals surface area contributed by atoms with Crippen molar-refractivity contribution in [3.8, 4) is 39.9 Å². The molecule has 0 aliphatic rings. The van der Waals surface area contributed by atoms with Gasteiger partial charge in [0, 0.05) is 43.6 Å². The van der Waals surface area contributed by atoms with Crippen molar-refractivity contribution in [2.24, 2.45) is 0 Å². The van der Waals surface area contributed by atoms with E-state index in [2.05, 4.69) is 180 Å². The van der Waals surface area contributed by atoms with E-state index in [1.807, 2.05) is 18.2 Å². The van der Waals surface area contributed by atoms with Crippen LogP contribution in [0.5, 0.6) is 0 Å². The molecule has 0 amide bonds. The Labute approximate surface area is 343 Å². The Morgan fingerprint density at radius 1 is 0.317 bits per heavy atom. The zero-order valence-electron chi connectivity index (χ0n) is 32.2. The number of rotatable bonds is 4. The highest BCUT2D eigenvalue weighted by Gasteiger charge is 2.23. The average molecular weight is 765 g/mol. The molecule has 3 heterocycles. The van der Waals surface area contributed by atoms with E-state index in [1.54, 1.807) is 0 Å². The SMILES string of the molecule is c1ccc(-c2nc(-c3cc4ccccc4c4ccccc34)nc(-c3cc4c5cccc(-n6c7ccccc7c7cc8ccccc8cc76)c5oc4c4ccccc34)n2)cc1. The standard InChI is InChI=1S/C55H32N4O/c1-2-15-33(16-3-1)53-56-54(46-30-36-19-6-7-20-37(36)38-21-8-9-22-39(38)46)58-55(57-53)47-32-45-43-26-14-28-49(52(43)60-51(45)42-25-11-10-23-40(42)47)59-48-27-13-12-24-41(48)44-29-34-17-4-5-18-35(34)31-50(44)59/h1-32H. The predicted molar refractivity (Wildman–Crippen MR) is 248 cm³/mol. The van der Waals surface area contributed by atoms with Crippen LogP contribution in [-0.4, -0.2) is 19.5 Å². The first-order chi connectivity index (χ1) is 29.7. The lowest BCUT2D eigenvalue weighted by Crippen LogP contribution is -2.01. The van der Waals surface area contributed by atoms with E-state index in [0.29, 0.717) is 17.5 Å². The molecule has 10 aromatic carbocycles. The van der Waals surface area contributed by atoms with E-state index in [0.717, 1.165) is 82.3 Å². The van der Waals surface area contributed by atoms with Crippen molar-refractivity contribution in [1.29, 1.82) is 0 Å². The van der Waals surface area contributed by atoms with Crippen LogP contribution < -0.4 is 0 Å². The fourth-order valence-electron chi connectivity index (χ4n) is 9.45. The summed E-state index contributed by atoms with van der Waals surface area (Å²) in [5.41, 5.74) is 7.74. The zero-order chi connectivity index (χ0) is 39.3. The Bertz CT molecular complexity index is 3900. The fraction of sp³-hybridized carbons (Fsp3) is 0. The van der Waals surface area contributed by atoms with Gasteiger partial charge in [-0.2, -0.15) is 0 Å². The van der Waals surface area contributed by atoms with Gasteiger partial charge in [-0.15, -0.1) is 0 Å². The maximum atomic E-state index is 7.10. The molecule has 0 N–H and O–H groups in total. The molecule has 0 bridgehead atoms. The van der Waals surface area contributed by atoms with Crippen LogP contribution in [0.4, 0.5) is 0 Å². The van der Waals surface area contributed by atoms with Gasteiger partial charge in [0.25, 0.3) is 0 Å². The third kappa shape index (κ3) is 4.84. The molecule has 278 valence electrons. The Hall–Kier alpha value is -8.15. The summed E-state index contributed by atoms with van der Waals surface area (Å²) in [5, 5.41) is 13.5. The molecule has 13 aromatic rings. The summed E-state index contributed by atoms with van der Waals surface area (Å²) in [6, 6.07) is 68.5. The molecular formula is C55H32N4O. The van der Waals surface area contributed by atoms with Gasteiger partial charge >= 0.3 is 0 Å². The smallest absolute Gasteiger partial charge is 0.164 e. The van der Waals surface area contributed by atoms with Gasteiger partial charge in [-0.25, -0.2) is 15.0 Å². The van der Waals surface area contributed by atoms with E-state index >= 15 is 0 Å². The largest absolute Gasteiger partial charge is 0.453 e.